The smallest absolute Gasteiger partial charge is 0.186 e. The van der Waals surface area contributed by atoms with Crippen molar-refractivity contribution < 1.29 is 4.39 Å². The van der Waals surface area contributed by atoms with Crippen LogP contribution < -0.4 is 15.6 Å². The number of halogens is 1. The topological polar surface area (TPSA) is 39.7 Å². The summed E-state index contributed by atoms with van der Waals surface area (Å²) in [6, 6.07) is 5.24. The third-order valence-corrected chi connectivity index (χ3v) is 3.66. The lowest BCUT2D eigenvalue weighted by molar-refractivity contribution is 0.623. The number of hydrogen-bond donors (Lipinski definition) is 2. The lowest BCUT2D eigenvalue weighted by atomic mass is 10.1. The molecule has 1 fully saturated rings. The Bertz CT molecular complexity index is 524. The van der Waals surface area contributed by atoms with Crippen LogP contribution in [-0.2, 0) is 0 Å². The van der Waals surface area contributed by atoms with E-state index in [1.807, 2.05) is 19.1 Å². The molecule has 1 aliphatic heterocycles. The number of thiocarbonyl (C=S) groups is 1. The fourth-order valence-corrected chi connectivity index (χ4v) is 2.25. The Hall–Kier alpha value is -1.69. The van der Waals surface area contributed by atoms with E-state index in [1.165, 1.54) is 6.07 Å². The molecule has 1 saturated heterocycles. The molecule has 0 amide bonds. The molecule has 0 bridgehead atoms. The van der Waals surface area contributed by atoms with Crippen molar-refractivity contribution in [2.24, 2.45) is 5.10 Å². The van der Waals surface area contributed by atoms with Gasteiger partial charge in [-0.25, -0.2) is 4.39 Å². The maximum absolute atomic E-state index is 14.2. The molecule has 4 nitrogen and oxygen atoms in total. The molecule has 1 heterocycles. The summed E-state index contributed by atoms with van der Waals surface area (Å²) in [5.74, 6) is -0.199. The Morgan fingerprint density at radius 1 is 1.35 bits per heavy atom. The van der Waals surface area contributed by atoms with Gasteiger partial charge in [-0.2, -0.15) is 5.10 Å². The Morgan fingerprint density at radius 2 is 2.05 bits per heavy atom. The van der Waals surface area contributed by atoms with Gasteiger partial charge in [-0.05, 0) is 44.1 Å². The van der Waals surface area contributed by atoms with Gasteiger partial charge in [0.25, 0.3) is 0 Å². The van der Waals surface area contributed by atoms with Gasteiger partial charge in [0, 0.05) is 25.7 Å². The fraction of sp³-hybridized carbons (Fsp3) is 0.429. The molecule has 20 heavy (non-hydrogen) atoms. The number of anilines is 1. The number of hydrogen-bond acceptors (Lipinski definition) is 3. The van der Waals surface area contributed by atoms with E-state index in [0.717, 1.165) is 31.5 Å². The molecule has 0 saturated carbocycles. The van der Waals surface area contributed by atoms with Crippen molar-refractivity contribution in [3.05, 3.63) is 29.6 Å². The highest BCUT2D eigenvalue weighted by Gasteiger charge is 2.16. The van der Waals surface area contributed by atoms with Crippen LogP contribution in [0.4, 0.5) is 10.1 Å². The first-order valence-electron chi connectivity index (χ1n) is 6.68. The Labute approximate surface area is 124 Å². The summed E-state index contributed by atoms with van der Waals surface area (Å²) < 4.78 is 14.2. The minimum Gasteiger partial charge on any atom is -0.369 e. The van der Waals surface area contributed by atoms with E-state index in [0.29, 0.717) is 16.5 Å². The molecule has 1 aliphatic rings. The minimum atomic E-state index is -0.199. The number of nitrogens with one attached hydrogen (secondary N) is 2. The maximum Gasteiger partial charge on any atom is 0.186 e. The van der Waals surface area contributed by atoms with Crippen molar-refractivity contribution in [1.29, 1.82) is 0 Å². The van der Waals surface area contributed by atoms with E-state index < -0.39 is 0 Å². The highest BCUT2D eigenvalue weighted by molar-refractivity contribution is 7.80. The average molecular weight is 294 g/mol. The summed E-state index contributed by atoms with van der Waals surface area (Å²) in [5, 5.41) is 7.31. The molecule has 0 radical (unpaired) electrons. The molecule has 108 valence electrons. The zero-order chi connectivity index (χ0) is 14.5. The Balaban J connectivity index is 2.13. The molecule has 0 aromatic heterocycles. The van der Waals surface area contributed by atoms with Crippen molar-refractivity contribution in [1.82, 2.24) is 10.7 Å². The quantitative estimate of drug-likeness (QED) is 0.509. The van der Waals surface area contributed by atoms with Crippen LogP contribution in [0.3, 0.4) is 0 Å². The van der Waals surface area contributed by atoms with Crippen molar-refractivity contribution >= 4 is 28.7 Å². The molecule has 6 heteroatoms. The minimum absolute atomic E-state index is 0.199. The molecule has 0 spiro atoms. The summed E-state index contributed by atoms with van der Waals surface area (Å²) in [6.07, 6.45) is 2.26. The summed E-state index contributed by atoms with van der Waals surface area (Å²) in [5.41, 5.74) is 4.81. The van der Waals surface area contributed by atoms with Gasteiger partial charge in [0.15, 0.2) is 5.11 Å². The van der Waals surface area contributed by atoms with Crippen LogP contribution in [0.25, 0.3) is 0 Å². The van der Waals surface area contributed by atoms with Gasteiger partial charge in [0.1, 0.15) is 5.82 Å². The van der Waals surface area contributed by atoms with Crippen molar-refractivity contribution in [3.63, 3.8) is 0 Å². The monoisotopic (exact) mass is 294 g/mol. The highest BCUT2D eigenvalue weighted by Crippen LogP contribution is 2.24. The van der Waals surface area contributed by atoms with E-state index in [4.69, 9.17) is 12.2 Å². The first-order valence-corrected chi connectivity index (χ1v) is 7.09. The maximum atomic E-state index is 14.2. The molecular formula is C14H19FN4S. The fourth-order valence-electron chi connectivity index (χ4n) is 2.20. The predicted molar refractivity (Wildman–Crippen MR) is 84.9 cm³/mol. The zero-order valence-electron chi connectivity index (χ0n) is 11.7. The summed E-state index contributed by atoms with van der Waals surface area (Å²) in [7, 11) is 1.71. The Morgan fingerprint density at radius 3 is 2.65 bits per heavy atom. The zero-order valence-corrected chi connectivity index (χ0v) is 12.6. The molecule has 1 aromatic carbocycles. The first kappa shape index (κ1) is 14.7. The van der Waals surface area contributed by atoms with Gasteiger partial charge in [-0.3, -0.25) is 5.43 Å². The number of benzene rings is 1. The van der Waals surface area contributed by atoms with Gasteiger partial charge in [0.2, 0.25) is 0 Å². The molecule has 2 rings (SSSR count). The lowest BCUT2D eigenvalue weighted by Crippen LogP contribution is -2.29. The van der Waals surface area contributed by atoms with Gasteiger partial charge in [0.05, 0.1) is 11.4 Å². The van der Waals surface area contributed by atoms with Crippen molar-refractivity contribution in [2.75, 3.05) is 25.0 Å². The normalized spacial score (nSPS) is 15.3. The SMILES string of the molecule is CNC(=S)N/N=C(/C)c1ccc(N2CCCC2)c(F)c1. The van der Waals surface area contributed by atoms with E-state index in [-0.39, 0.29) is 5.82 Å². The van der Waals surface area contributed by atoms with Crippen LogP contribution in [-0.4, -0.2) is 31.0 Å². The number of nitrogens with zero attached hydrogens (tertiary/aromatic N) is 2. The molecule has 2 N–H and O–H groups in total. The van der Waals surface area contributed by atoms with E-state index in [9.17, 15) is 4.39 Å². The molecule has 0 unspecified atom stereocenters. The van der Waals surface area contributed by atoms with E-state index in [2.05, 4.69) is 20.7 Å². The predicted octanol–water partition coefficient (Wildman–Crippen LogP) is 2.24. The van der Waals surface area contributed by atoms with Gasteiger partial charge < -0.3 is 10.2 Å². The van der Waals surface area contributed by atoms with Crippen LogP contribution in [0.2, 0.25) is 0 Å². The number of rotatable bonds is 3. The standard InChI is InChI=1S/C14H19FN4S/c1-10(17-18-14(20)16-2)11-5-6-13(12(15)9-11)19-7-3-4-8-19/h5-6,9H,3-4,7-8H2,1-2H3,(H2,16,18,20)/b17-10-. The lowest BCUT2D eigenvalue weighted by Gasteiger charge is -2.18. The third-order valence-electron chi connectivity index (χ3n) is 3.36. The summed E-state index contributed by atoms with van der Waals surface area (Å²) in [4.78, 5) is 2.08. The second kappa shape index (κ2) is 6.65. The van der Waals surface area contributed by atoms with Crippen molar-refractivity contribution in [2.45, 2.75) is 19.8 Å². The van der Waals surface area contributed by atoms with Crippen LogP contribution in [0.1, 0.15) is 25.3 Å². The largest absolute Gasteiger partial charge is 0.369 e. The van der Waals surface area contributed by atoms with Crippen LogP contribution in [0.5, 0.6) is 0 Å². The molecule has 0 aliphatic carbocycles. The second-order valence-electron chi connectivity index (χ2n) is 4.75. The summed E-state index contributed by atoms with van der Waals surface area (Å²) in [6.45, 7) is 3.68. The Kier molecular flexibility index (Phi) is 4.89. The third kappa shape index (κ3) is 3.45. The van der Waals surface area contributed by atoms with E-state index in [1.54, 1.807) is 7.05 Å². The van der Waals surface area contributed by atoms with E-state index >= 15 is 0 Å². The molecular weight excluding hydrogens is 275 g/mol. The molecule has 1 aromatic rings. The highest BCUT2D eigenvalue weighted by atomic mass is 32.1. The van der Waals surface area contributed by atoms with Gasteiger partial charge in [-0.15, -0.1) is 0 Å². The van der Waals surface area contributed by atoms with Gasteiger partial charge >= 0.3 is 0 Å². The molecule has 0 atom stereocenters. The first-order chi connectivity index (χ1) is 9.61. The van der Waals surface area contributed by atoms with Crippen LogP contribution in [0, 0.1) is 5.82 Å². The second-order valence-corrected chi connectivity index (χ2v) is 5.16. The van der Waals surface area contributed by atoms with Crippen LogP contribution >= 0.6 is 12.2 Å². The summed E-state index contributed by atoms with van der Waals surface area (Å²) >= 11 is 4.93. The number of hydrazone groups is 1. The van der Waals surface area contributed by atoms with Gasteiger partial charge in [-0.1, -0.05) is 6.07 Å². The average Bonchev–Trinajstić information content (AvgIpc) is 2.98. The van der Waals surface area contributed by atoms with Crippen LogP contribution in [0.15, 0.2) is 23.3 Å². The van der Waals surface area contributed by atoms with Crippen molar-refractivity contribution in [3.8, 4) is 0 Å².